The van der Waals surface area contributed by atoms with Crippen LogP contribution >= 0.6 is 0 Å². The highest BCUT2D eigenvalue weighted by Crippen LogP contribution is 2.47. The van der Waals surface area contributed by atoms with Gasteiger partial charge >= 0.3 is 24.7 Å². The Kier molecular flexibility index (Phi) is 7.07. The largest absolute Gasteiger partial charge is 0.456 e. The van der Waals surface area contributed by atoms with Crippen molar-refractivity contribution in [2.24, 2.45) is 0 Å². The molecule has 0 unspecified atom stereocenters. The normalized spacial score (nSPS) is 12.9. The van der Waals surface area contributed by atoms with Gasteiger partial charge in [0.05, 0.1) is 11.1 Å². The number of anilines is 2. The number of hydrogen-bond acceptors (Lipinski definition) is 4. The molecule has 3 aromatic carbocycles. The molecule has 4 N–H and O–H groups in total. The van der Waals surface area contributed by atoms with E-state index in [1.807, 2.05) is 0 Å². The quantitative estimate of drug-likeness (QED) is 0.246. The number of nitrogens with two attached hydrogens (primary N) is 2. The maximum atomic E-state index is 13.5. The molecule has 0 aromatic heterocycles. The number of benzene rings is 3. The first kappa shape index (κ1) is 28.6. The Labute approximate surface area is 204 Å². The molecule has 0 atom stereocenters. The predicted octanol–water partition coefficient (Wildman–Crippen LogP) is 8.51. The molecule has 0 spiro atoms. The lowest BCUT2D eigenvalue weighted by molar-refractivity contribution is -0.141. The molecule has 0 saturated heterocycles. The lowest BCUT2D eigenvalue weighted by Crippen LogP contribution is -2.14. The Hall–Kier alpha value is -3.98. The van der Waals surface area contributed by atoms with Crippen molar-refractivity contribution in [2.45, 2.75) is 24.7 Å². The highest BCUT2D eigenvalue weighted by molar-refractivity contribution is 5.61. The van der Waals surface area contributed by atoms with Crippen LogP contribution in [0.4, 0.5) is 64.1 Å². The average Bonchev–Trinajstić information content (AvgIpc) is 2.70. The van der Waals surface area contributed by atoms with Crippen LogP contribution in [0.3, 0.4) is 0 Å². The number of halogens is 12. The summed E-state index contributed by atoms with van der Waals surface area (Å²) in [7, 11) is 0. The Morgan fingerprint density at radius 3 is 1.11 bits per heavy atom. The van der Waals surface area contributed by atoms with Crippen LogP contribution in [0.2, 0.25) is 0 Å². The minimum atomic E-state index is -5.28. The van der Waals surface area contributed by atoms with Gasteiger partial charge in [-0.1, -0.05) is 6.07 Å². The van der Waals surface area contributed by atoms with Gasteiger partial charge in [0, 0.05) is 17.4 Å². The molecule has 0 radical (unpaired) electrons. The van der Waals surface area contributed by atoms with Crippen LogP contribution < -0.4 is 20.9 Å². The maximum Gasteiger partial charge on any atom is 0.421 e. The Morgan fingerprint density at radius 1 is 0.474 bits per heavy atom. The third-order valence-corrected chi connectivity index (χ3v) is 4.75. The zero-order valence-electron chi connectivity index (χ0n) is 18.1. The number of hydrogen-bond donors (Lipinski definition) is 2. The van der Waals surface area contributed by atoms with Gasteiger partial charge in [0.2, 0.25) is 0 Å². The van der Waals surface area contributed by atoms with E-state index in [-0.39, 0.29) is 24.3 Å². The highest BCUT2D eigenvalue weighted by Gasteiger charge is 2.42. The van der Waals surface area contributed by atoms with Gasteiger partial charge in [-0.25, -0.2) is 0 Å². The molecule has 38 heavy (non-hydrogen) atoms. The summed E-state index contributed by atoms with van der Waals surface area (Å²) in [6.07, 6.45) is -20.8. The molecule has 0 aliphatic rings. The molecule has 0 aliphatic carbocycles. The van der Waals surface area contributed by atoms with Crippen molar-refractivity contribution in [3.05, 3.63) is 70.8 Å². The fraction of sp³-hybridized carbons (Fsp3) is 0.182. The minimum Gasteiger partial charge on any atom is -0.456 e. The summed E-state index contributed by atoms with van der Waals surface area (Å²) in [5.74, 6) is -4.16. The van der Waals surface area contributed by atoms with Crippen molar-refractivity contribution in [1.82, 2.24) is 0 Å². The first-order valence-electron chi connectivity index (χ1n) is 9.79. The van der Waals surface area contributed by atoms with Gasteiger partial charge in [-0.15, -0.1) is 0 Å². The van der Waals surface area contributed by atoms with Crippen molar-refractivity contribution in [3.63, 3.8) is 0 Å². The Morgan fingerprint density at radius 2 is 0.816 bits per heavy atom. The second kappa shape index (κ2) is 9.40. The van der Waals surface area contributed by atoms with Crippen LogP contribution in [0.5, 0.6) is 23.0 Å². The molecule has 3 aromatic rings. The number of alkyl halides is 12. The molecular weight excluding hydrogens is 552 g/mol. The van der Waals surface area contributed by atoms with Gasteiger partial charge in [-0.2, -0.15) is 52.7 Å². The fourth-order valence-electron chi connectivity index (χ4n) is 3.22. The summed E-state index contributed by atoms with van der Waals surface area (Å²) in [4.78, 5) is 0. The van der Waals surface area contributed by atoms with Crippen LogP contribution in [-0.4, -0.2) is 0 Å². The fourth-order valence-corrected chi connectivity index (χ4v) is 3.22. The molecule has 0 fully saturated rings. The molecule has 0 amide bonds. The Bertz CT molecular complexity index is 1240. The number of nitrogen functional groups attached to an aromatic ring is 2. The molecule has 0 saturated carbocycles. The molecule has 4 nitrogen and oxygen atoms in total. The van der Waals surface area contributed by atoms with Crippen molar-refractivity contribution < 1.29 is 62.2 Å². The van der Waals surface area contributed by atoms with Gasteiger partial charge in [-0.3, -0.25) is 0 Å². The van der Waals surface area contributed by atoms with Gasteiger partial charge in [0.25, 0.3) is 0 Å². The molecule has 3 rings (SSSR count). The number of rotatable bonds is 4. The van der Waals surface area contributed by atoms with Crippen LogP contribution in [0.15, 0.2) is 48.5 Å². The van der Waals surface area contributed by atoms with E-state index in [2.05, 4.69) is 0 Å². The zero-order valence-corrected chi connectivity index (χ0v) is 18.1. The van der Waals surface area contributed by atoms with Crippen molar-refractivity contribution in [2.75, 3.05) is 11.5 Å². The topological polar surface area (TPSA) is 70.5 Å². The van der Waals surface area contributed by atoms with Crippen LogP contribution in [-0.2, 0) is 24.7 Å². The second-order valence-electron chi connectivity index (χ2n) is 7.55. The van der Waals surface area contributed by atoms with Gasteiger partial charge in [0.15, 0.2) is 0 Å². The van der Waals surface area contributed by atoms with Crippen molar-refractivity contribution in [3.8, 4) is 23.0 Å². The third kappa shape index (κ3) is 6.28. The average molecular weight is 564 g/mol. The summed E-state index contributed by atoms with van der Waals surface area (Å²) in [5.41, 5.74) is 0.947. The van der Waals surface area contributed by atoms with E-state index in [0.717, 1.165) is 18.2 Å². The lowest BCUT2D eigenvalue weighted by Gasteiger charge is -2.20. The van der Waals surface area contributed by atoms with E-state index in [1.54, 1.807) is 0 Å². The first-order chi connectivity index (χ1) is 17.2. The summed E-state index contributed by atoms with van der Waals surface area (Å²) < 4.78 is 169. The predicted molar refractivity (Wildman–Crippen MR) is 108 cm³/mol. The van der Waals surface area contributed by atoms with Gasteiger partial charge < -0.3 is 20.9 Å². The van der Waals surface area contributed by atoms with E-state index < -0.39 is 81.3 Å². The van der Waals surface area contributed by atoms with E-state index in [9.17, 15) is 52.7 Å². The van der Waals surface area contributed by atoms with E-state index in [4.69, 9.17) is 20.9 Å². The van der Waals surface area contributed by atoms with Crippen LogP contribution in [0, 0.1) is 0 Å². The second-order valence-corrected chi connectivity index (χ2v) is 7.55. The van der Waals surface area contributed by atoms with Crippen molar-refractivity contribution in [1.29, 1.82) is 0 Å². The molecule has 206 valence electrons. The van der Waals surface area contributed by atoms with Crippen LogP contribution in [0.25, 0.3) is 0 Å². The van der Waals surface area contributed by atoms with Gasteiger partial charge in [-0.05, 0) is 36.4 Å². The van der Waals surface area contributed by atoms with E-state index in [1.165, 1.54) is 0 Å². The zero-order chi connectivity index (χ0) is 28.8. The summed E-state index contributed by atoms with van der Waals surface area (Å²) in [6, 6.07) is 3.44. The molecule has 16 heteroatoms. The summed E-state index contributed by atoms with van der Waals surface area (Å²) in [5, 5.41) is 0. The molecule has 0 aliphatic heterocycles. The van der Waals surface area contributed by atoms with Crippen molar-refractivity contribution >= 4 is 11.4 Å². The third-order valence-electron chi connectivity index (χ3n) is 4.75. The monoisotopic (exact) mass is 564 g/mol. The SMILES string of the molecule is Nc1cc(C(F)(F)F)cc(Oc2cccc(Oc3cc(C(F)(F)F)cc(N)c3C(F)(F)F)c2)c1C(F)(F)F. The Balaban J connectivity index is 2.08. The highest BCUT2D eigenvalue weighted by atomic mass is 19.4. The molecular formula is C22H12F12N2O2. The lowest BCUT2D eigenvalue weighted by atomic mass is 10.1. The molecule has 0 bridgehead atoms. The van der Waals surface area contributed by atoms with Crippen LogP contribution in [0.1, 0.15) is 22.3 Å². The maximum absolute atomic E-state index is 13.5. The summed E-state index contributed by atoms with van der Waals surface area (Å²) in [6.45, 7) is 0. The first-order valence-corrected chi connectivity index (χ1v) is 9.79. The standard InChI is InChI=1S/C22H12F12N2O2/c23-19(24,25)9-4-13(35)17(21(29,30)31)15(6-9)37-11-2-1-3-12(8-11)38-16-7-10(20(26,27)28)5-14(36)18(16)22(32,33)34/h1-8H,35-36H2. The minimum absolute atomic E-state index is 0.00196. The van der Waals surface area contributed by atoms with Gasteiger partial charge in [0.1, 0.15) is 34.1 Å². The molecule has 0 heterocycles. The smallest absolute Gasteiger partial charge is 0.421 e. The number of ether oxygens (including phenoxy) is 2. The van der Waals surface area contributed by atoms with E-state index in [0.29, 0.717) is 6.07 Å². The van der Waals surface area contributed by atoms with E-state index >= 15 is 0 Å². The summed E-state index contributed by atoms with van der Waals surface area (Å²) >= 11 is 0.